The lowest BCUT2D eigenvalue weighted by molar-refractivity contribution is 0.0995. The molecule has 0 saturated heterocycles. The number of anilines is 4. The maximum absolute atomic E-state index is 11.8. The summed E-state index contributed by atoms with van der Waals surface area (Å²) in [5, 5.41) is 23.2. The number of fused-ring (bicyclic) bond motifs is 1. The number of likely N-dealkylation sites (N-methyl/N-ethyl adjacent to an activating group) is 1. The summed E-state index contributed by atoms with van der Waals surface area (Å²) in [5.41, 5.74) is 9.47. The van der Waals surface area contributed by atoms with E-state index in [0.717, 1.165) is 19.5 Å². The summed E-state index contributed by atoms with van der Waals surface area (Å²) >= 11 is 0. The third-order valence-electron chi connectivity index (χ3n) is 5.15. The summed E-state index contributed by atoms with van der Waals surface area (Å²) in [6.45, 7) is 1.82. The van der Waals surface area contributed by atoms with Gasteiger partial charge in [-0.3, -0.25) is 4.79 Å². The molecule has 1 aromatic heterocycles. The van der Waals surface area contributed by atoms with Crippen molar-refractivity contribution in [1.82, 2.24) is 20.1 Å². The number of primary amides is 1. The van der Waals surface area contributed by atoms with Crippen LogP contribution in [0.25, 0.3) is 0 Å². The largest absolute Gasteiger partial charge is 0.495 e. The van der Waals surface area contributed by atoms with Crippen LogP contribution >= 0.6 is 0 Å². The van der Waals surface area contributed by atoms with E-state index in [1.165, 1.54) is 11.1 Å². The van der Waals surface area contributed by atoms with Crippen LogP contribution in [0.3, 0.4) is 0 Å². The standard InChI is InChI=1S/C22H22N8O2/c1-30-7-6-14-10-18(32-2)17(9-15(14)12-30)26-22-27-21(19(20(24)31)28-29-22)25-16-5-3-4-13(8-16)11-23/h3-5,8-10H,6-7,12H2,1-2H3,(H2,24,31)(H2,25,26,27,29). The van der Waals surface area contributed by atoms with Gasteiger partial charge < -0.3 is 26.0 Å². The van der Waals surface area contributed by atoms with Crippen molar-refractivity contribution in [1.29, 1.82) is 5.26 Å². The molecule has 0 saturated carbocycles. The van der Waals surface area contributed by atoms with Crippen molar-refractivity contribution < 1.29 is 9.53 Å². The Kier molecular flexibility index (Phi) is 5.83. The maximum Gasteiger partial charge on any atom is 0.273 e. The molecule has 0 radical (unpaired) electrons. The number of carbonyl (C=O) groups excluding carboxylic acids is 1. The van der Waals surface area contributed by atoms with Gasteiger partial charge in [0.1, 0.15) is 5.75 Å². The molecule has 0 aliphatic carbocycles. The number of nitrogens with two attached hydrogens (primary N) is 1. The van der Waals surface area contributed by atoms with E-state index in [2.05, 4.69) is 43.8 Å². The van der Waals surface area contributed by atoms with E-state index in [9.17, 15) is 4.79 Å². The number of rotatable bonds is 6. The van der Waals surface area contributed by atoms with Crippen molar-refractivity contribution >= 4 is 29.0 Å². The van der Waals surface area contributed by atoms with Crippen LogP contribution in [0.2, 0.25) is 0 Å². The fraction of sp³-hybridized carbons (Fsp3) is 0.227. The van der Waals surface area contributed by atoms with Gasteiger partial charge in [0.25, 0.3) is 5.91 Å². The van der Waals surface area contributed by atoms with Crippen LogP contribution in [-0.2, 0) is 13.0 Å². The summed E-state index contributed by atoms with van der Waals surface area (Å²) in [6, 6.07) is 12.8. The van der Waals surface area contributed by atoms with E-state index < -0.39 is 5.91 Å². The molecule has 0 bridgehead atoms. The predicted molar refractivity (Wildman–Crippen MR) is 119 cm³/mol. The molecule has 4 rings (SSSR count). The predicted octanol–water partition coefficient (Wildman–Crippen LogP) is 2.33. The first-order valence-corrected chi connectivity index (χ1v) is 9.94. The number of nitrogens with one attached hydrogen (secondary N) is 2. The average Bonchev–Trinajstić information content (AvgIpc) is 2.78. The highest BCUT2D eigenvalue weighted by Crippen LogP contribution is 2.33. The van der Waals surface area contributed by atoms with Crippen molar-refractivity contribution in [3.63, 3.8) is 0 Å². The Morgan fingerprint density at radius 3 is 2.81 bits per heavy atom. The molecule has 0 fully saturated rings. The van der Waals surface area contributed by atoms with Crippen LogP contribution in [0.1, 0.15) is 27.2 Å². The van der Waals surface area contributed by atoms with Crippen molar-refractivity contribution in [2.24, 2.45) is 5.73 Å². The summed E-state index contributed by atoms with van der Waals surface area (Å²) in [5.74, 6) is 0.176. The Balaban J connectivity index is 1.67. The molecule has 3 aromatic rings. The minimum Gasteiger partial charge on any atom is -0.495 e. The number of hydrogen-bond donors (Lipinski definition) is 3. The van der Waals surface area contributed by atoms with E-state index in [4.69, 9.17) is 15.7 Å². The van der Waals surface area contributed by atoms with E-state index in [1.54, 1.807) is 31.4 Å². The monoisotopic (exact) mass is 430 g/mol. The molecule has 10 heteroatoms. The summed E-state index contributed by atoms with van der Waals surface area (Å²) in [7, 11) is 3.68. The Morgan fingerprint density at radius 1 is 1.22 bits per heavy atom. The lowest BCUT2D eigenvalue weighted by Crippen LogP contribution is -2.26. The fourth-order valence-electron chi connectivity index (χ4n) is 3.55. The van der Waals surface area contributed by atoms with Gasteiger partial charge in [0.2, 0.25) is 5.95 Å². The van der Waals surface area contributed by atoms with Crippen molar-refractivity contribution in [3.8, 4) is 11.8 Å². The number of methoxy groups -OCH3 is 1. The van der Waals surface area contributed by atoms with Gasteiger partial charge in [0.15, 0.2) is 11.5 Å². The van der Waals surface area contributed by atoms with Crippen LogP contribution in [0.5, 0.6) is 5.75 Å². The highest BCUT2D eigenvalue weighted by atomic mass is 16.5. The minimum atomic E-state index is -0.773. The van der Waals surface area contributed by atoms with E-state index in [1.807, 2.05) is 12.1 Å². The first kappa shape index (κ1) is 21.0. The number of amides is 1. The lowest BCUT2D eigenvalue weighted by Gasteiger charge is -2.26. The third kappa shape index (κ3) is 4.43. The zero-order valence-electron chi connectivity index (χ0n) is 17.7. The number of aromatic nitrogens is 3. The Labute approximate surface area is 185 Å². The van der Waals surface area contributed by atoms with Gasteiger partial charge in [0.05, 0.1) is 24.4 Å². The van der Waals surface area contributed by atoms with Crippen LogP contribution in [0.15, 0.2) is 36.4 Å². The highest BCUT2D eigenvalue weighted by molar-refractivity contribution is 5.96. The molecular weight excluding hydrogens is 408 g/mol. The molecule has 10 nitrogen and oxygen atoms in total. The van der Waals surface area contributed by atoms with Gasteiger partial charge in [-0.25, -0.2) is 0 Å². The quantitative estimate of drug-likeness (QED) is 0.537. The van der Waals surface area contributed by atoms with Gasteiger partial charge in [-0.15, -0.1) is 10.2 Å². The number of ether oxygens (including phenoxy) is 1. The van der Waals surface area contributed by atoms with E-state index in [0.29, 0.717) is 22.7 Å². The van der Waals surface area contributed by atoms with Crippen LogP contribution < -0.4 is 21.1 Å². The minimum absolute atomic E-state index is 0.114. The highest BCUT2D eigenvalue weighted by Gasteiger charge is 2.19. The Hall–Kier alpha value is -4.23. The van der Waals surface area contributed by atoms with Gasteiger partial charge >= 0.3 is 0 Å². The first-order valence-electron chi connectivity index (χ1n) is 9.94. The Bertz CT molecular complexity index is 1220. The molecule has 0 spiro atoms. The molecule has 32 heavy (non-hydrogen) atoms. The molecule has 4 N–H and O–H groups in total. The maximum atomic E-state index is 11.8. The number of nitrogens with zero attached hydrogens (tertiary/aromatic N) is 5. The van der Waals surface area contributed by atoms with Crippen LogP contribution in [-0.4, -0.2) is 46.7 Å². The van der Waals surface area contributed by atoms with E-state index in [-0.39, 0.29) is 17.5 Å². The molecule has 1 amide bonds. The average molecular weight is 430 g/mol. The normalized spacial score (nSPS) is 13.0. The topological polar surface area (TPSA) is 142 Å². The fourth-order valence-corrected chi connectivity index (χ4v) is 3.55. The molecule has 1 aliphatic heterocycles. The SMILES string of the molecule is COc1cc2c(cc1Nc1nnc(C(N)=O)c(Nc3cccc(C#N)c3)n1)CN(C)CC2. The van der Waals surface area contributed by atoms with E-state index >= 15 is 0 Å². The zero-order chi connectivity index (χ0) is 22.7. The molecular formula is C22H22N8O2. The van der Waals surface area contributed by atoms with Crippen molar-refractivity contribution in [2.45, 2.75) is 13.0 Å². The van der Waals surface area contributed by atoms with Gasteiger partial charge in [-0.05, 0) is 54.9 Å². The number of carbonyl (C=O) groups is 1. The van der Waals surface area contributed by atoms with Crippen molar-refractivity contribution in [3.05, 3.63) is 58.8 Å². The molecule has 0 unspecified atom stereocenters. The Morgan fingerprint density at radius 2 is 2.06 bits per heavy atom. The molecule has 2 aromatic carbocycles. The van der Waals surface area contributed by atoms with Crippen LogP contribution in [0.4, 0.5) is 23.1 Å². The third-order valence-corrected chi connectivity index (χ3v) is 5.15. The van der Waals surface area contributed by atoms with Crippen LogP contribution in [0, 0.1) is 11.3 Å². The summed E-state index contributed by atoms with van der Waals surface area (Å²) < 4.78 is 5.55. The summed E-state index contributed by atoms with van der Waals surface area (Å²) in [6.07, 6.45) is 0.948. The molecule has 2 heterocycles. The molecule has 1 aliphatic rings. The second-order valence-electron chi connectivity index (χ2n) is 7.45. The lowest BCUT2D eigenvalue weighted by atomic mass is 9.99. The zero-order valence-corrected chi connectivity index (χ0v) is 17.7. The van der Waals surface area contributed by atoms with Gasteiger partial charge in [-0.1, -0.05) is 6.07 Å². The smallest absolute Gasteiger partial charge is 0.273 e. The number of hydrogen-bond acceptors (Lipinski definition) is 9. The van der Waals surface area contributed by atoms with Gasteiger partial charge in [-0.2, -0.15) is 10.2 Å². The summed E-state index contributed by atoms with van der Waals surface area (Å²) in [4.78, 5) is 18.5. The van der Waals surface area contributed by atoms with Crippen molar-refractivity contribution in [2.75, 3.05) is 31.3 Å². The number of nitriles is 1. The molecule has 162 valence electrons. The second-order valence-corrected chi connectivity index (χ2v) is 7.45. The molecule has 0 atom stereocenters. The van der Waals surface area contributed by atoms with Gasteiger partial charge in [0, 0.05) is 18.8 Å². The number of benzene rings is 2. The first-order chi connectivity index (χ1) is 15.5. The second kappa shape index (κ2) is 8.87.